The van der Waals surface area contributed by atoms with E-state index in [0.717, 1.165) is 4.47 Å². The summed E-state index contributed by atoms with van der Waals surface area (Å²) in [4.78, 5) is -0.273. The minimum atomic E-state index is -4.46. The number of nitrogen functional groups attached to an aromatic ring is 1. The molecule has 0 aliphatic heterocycles. The average molecular weight is 588 g/mol. The van der Waals surface area contributed by atoms with Gasteiger partial charge in [-0.15, -0.1) is 10.2 Å². The van der Waals surface area contributed by atoms with Crippen LogP contribution in [0.1, 0.15) is 0 Å². The van der Waals surface area contributed by atoms with Crippen LogP contribution in [0, 0.1) is 0 Å². The monoisotopic (exact) mass is 585 g/mol. The summed E-state index contributed by atoms with van der Waals surface area (Å²) in [5, 5.41) is 9.04. The maximum absolute atomic E-state index is 11.8. The Kier molecular flexibility index (Phi) is 7.65. The van der Waals surface area contributed by atoms with Crippen molar-refractivity contribution in [2.75, 3.05) is 5.73 Å². The van der Waals surface area contributed by atoms with Gasteiger partial charge in [0.1, 0.15) is 16.3 Å². The molecule has 0 bridgehead atoms. The third-order valence-electron chi connectivity index (χ3n) is 3.54. The fraction of sp³-hybridized carbons (Fsp3) is 0. The first-order chi connectivity index (χ1) is 12.2. The number of hydrogen-bond donors (Lipinski definition) is 2. The molecule has 27 heavy (non-hydrogen) atoms. The molecule has 0 spiro atoms. The number of halogens is 3. The second-order valence-corrected chi connectivity index (χ2v) is 9.26. The van der Waals surface area contributed by atoms with Gasteiger partial charge in [0.05, 0.1) is 5.69 Å². The van der Waals surface area contributed by atoms with Crippen LogP contribution in [0.25, 0.3) is 10.8 Å². The molecule has 3 aromatic carbocycles. The van der Waals surface area contributed by atoms with Gasteiger partial charge in [0.2, 0.25) is 0 Å². The molecular formula is C16H11Br3N3NaO3S. The van der Waals surface area contributed by atoms with Gasteiger partial charge in [-0.2, -0.15) is 8.42 Å². The predicted molar refractivity (Wildman–Crippen MR) is 119 cm³/mol. The predicted octanol–water partition coefficient (Wildman–Crippen LogP) is 5.72. The minimum absolute atomic E-state index is 0. The van der Waals surface area contributed by atoms with Gasteiger partial charge in [-0.3, -0.25) is 4.55 Å². The zero-order valence-electron chi connectivity index (χ0n) is 12.8. The van der Waals surface area contributed by atoms with Gasteiger partial charge in [-0.05, 0) is 50.1 Å². The number of rotatable bonds is 3. The molecule has 0 amide bonds. The maximum atomic E-state index is 11.8. The summed E-state index contributed by atoms with van der Waals surface area (Å²) >= 11 is 10.2. The van der Waals surface area contributed by atoms with Crippen LogP contribution in [0.3, 0.4) is 0 Å². The second-order valence-electron chi connectivity index (χ2n) is 5.25. The van der Waals surface area contributed by atoms with Gasteiger partial charge in [0, 0.05) is 24.2 Å². The molecule has 0 heterocycles. The fourth-order valence-corrected chi connectivity index (χ4v) is 5.51. The van der Waals surface area contributed by atoms with E-state index in [0.29, 0.717) is 25.4 Å². The Bertz CT molecular complexity index is 1150. The molecule has 0 radical (unpaired) electrons. The molecule has 0 atom stereocenters. The first kappa shape index (κ1) is 23.0. The Hall–Kier alpha value is -0.330. The Morgan fingerprint density at radius 2 is 1.48 bits per heavy atom. The second kappa shape index (κ2) is 9.00. The van der Waals surface area contributed by atoms with Crippen LogP contribution in [-0.2, 0) is 10.1 Å². The fourth-order valence-electron chi connectivity index (χ4n) is 2.38. The van der Waals surface area contributed by atoms with Crippen molar-refractivity contribution in [3.63, 3.8) is 0 Å². The first-order valence-electron chi connectivity index (χ1n) is 7.03. The number of benzene rings is 3. The number of azo groups is 1. The van der Waals surface area contributed by atoms with E-state index in [4.69, 9.17) is 5.73 Å². The van der Waals surface area contributed by atoms with Crippen LogP contribution in [0.15, 0.2) is 71.0 Å². The van der Waals surface area contributed by atoms with Crippen molar-refractivity contribution in [1.29, 1.82) is 0 Å². The van der Waals surface area contributed by atoms with Gasteiger partial charge in [-0.1, -0.05) is 40.2 Å². The summed E-state index contributed by atoms with van der Waals surface area (Å²) in [5.41, 5.74) is 7.04. The van der Waals surface area contributed by atoms with Crippen molar-refractivity contribution in [2.45, 2.75) is 4.90 Å². The van der Waals surface area contributed by atoms with Crippen LogP contribution >= 0.6 is 47.8 Å². The van der Waals surface area contributed by atoms with E-state index < -0.39 is 10.1 Å². The van der Waals surface area contributed by atoms with E-state index in [2.05, 4.69) is 58.0 Å². The third kappa shape index (κ3) is 4.99. The SMILES string of the molecule is Nc1c(/N=N/c2c(Br)cc(Br)cc2Br)cc(S(=O)(=O)O)c2ccccc12.[NaH]. The van der Waals surface area contributed by atoms with Gasteiger partial charge in [-0.25, -0.2) is 0 Å². The van der Waals surface area contributed by atoms with Gasteiger partial charge < -0.3 is 5.73 Å². The number of anilines is 1. The zero-order chi connectivity index (χ0) is 19.1. The summed E-state index contributed by atoms with van der Waals surface area (Å²) in [7, 11) is -4.46. The van der Waals surface area contributed by atoms with Crippen molar-refractivity contribution < 1.29 is 13.0 Å². The van der Waals surface area contributed by atoms with Gasteiger partial charge in [0.15, 0.2) is 0 Å². The molecule has 136 valence electrons. The van der Waals surface area contributed by atoms with Crippen LogP contribution in [0.4, 0.5) is 17.1 Å². The summed E-state index contributed by atoms with van der Waals surface area (Å²) in [6, 6.07) is 11.4. The zero-order valence-corrected chi connectivity index (χ0v) is 18.4. The normalized spacial score (nSPS) is 11.7. The molecule has 3 N–H and O–H groups in total. The Morgan fingerprint density at radius 1 is 0.926 bits per heavy atom. The third-order valence-corrected chi connectivity index (χ3v) is 6.10. The molecule has 11 heteroatoms. The van der Waals surface area contributed by atoms with Gasteiger partial charge >= 0.3 is 29.6 Å². The summed E-state index contributed by atoms with van der Waals surface area (Å²) in [5.74, 6) is 0. The van der Waals surface area contributed by atoms with E-state index in [1.165, 1.54) is 6.07 Å². The van der Waals surface area contributed by atoms with Crippen molar-refractivity contribution in [3.8, 4) is 0 Å². The number of nitrogens with zero attached hydrogens (tertiary/aromatic N) is 2. The van der Waals surface area contributed by atoms with Crippen molar-refractivity contribution >= 4 is 115 Å². The quantitative estimate of drug-likeness (QED) is 0.177. The number of nitrogens with two attached hydrogens (primary N) is 1. The Labute approximate surface area is 203 Å². The Balaban J connectivity index is 0.00000261. The molecular weight excluding hydrogens is 577 g/mol. The topological polar surface area (TPSA) is 105 Å². The Morgan fingerprint density at radius 3 is 2.04 bits per heavy atom. The van der Waals surface area contributed by atoms with E-state index in [1.54, 1.807) is 36.4 Å². The molecule has 0 aliphatic rings. The standard InChI is InChI=1S/C16H10Br3N3O3S.Na.H/c17-8-5-11(18)16(12(19)6-8)22-21-13-7-14(26(23,24)25)9-3-1-2-4-10(9)15(13)20;;/h1-7H,20H2,(H,23,24,25);;/b22-21+;;. The van der Waals surface area contributed by atoms with Crippen LogP contribution < -0.4 is 5.73 Å². The molecule has 0 fully saturated rings. The van der Waals surface area contributed by atoms with Crippen molar-refractivity contribution in [2.24, 2.45) is 10.2 Å². The molecule has 0 saturated heterocycles. The molecule has 3 rings (SSSR count). The molecule has 6 nitrogen and oxygen atoms in total. The number of hydrogen-bond acceptors (Lipinski definition) is 5. The number of fused-ring (bicyclic) bond motifs is 1. The van der Waals surface area contributed by atoms with Crippen LogP contribution in [0.2, 0.25) is 0 Å². The van der Waals surface area contributed by atoms with Crippen LogP contribution in [-0.4, -0.2) is 42.5 Å². The van der Waals surface area contributed by atoms with E-state index >= 15 is 0 Å². The summed E-state index contributed by atoms with van der Waals surface area (Å²) in [6.45, 7) is 0. The molecule has 0 unspecified atom stereocenters. The van der Waals surface area contributed by atoms with Crippen molar-refractivity contribution in [1.82, 2.24) is 0 Å². The average Bonchev–Trinajstić information content (AvgIpc) is 2.54. The van der Waals surface area contributed by atoms with E-state index in [9.17, 15) is 13.0 Å². The van der Waals surface area contributed by atoms with Crippen LogP contribution in [0.5, 0.6) is 0 Å². The molecule has 0 saturated carbocycles. The first-order valence-corrected chi connectivity index (χ1v) is 10.9. The van der Waals surface area contributed by atoms with Gasteiger partial charge in [0.25, 0.3) is 10.1 Å². The molecule has 0 aliphatic carbocycles. The summed E-state index contributed by atoms with van der Waals surface area (Å²) in [6.07, 6.45) is 0. The summed E-state index contributed by atoms with van der Waals surface area (Å²) < 4.78 is 35.2. The van der Waals surface area contributed by atoms with E-state index in [1.807, 2.05) is 0 Å². The van der Waals surface area contributed by atoms with Crippen molar-refractivity contribution in [3.05, 3.63) is 55.9 Å². The van der Waals surface area contributed by atoms with E-state index in [-0.39, 0.29) is 45.8 Å². The molecule has 3 aromatic rings. The molecule has 0 aromatic heterocycles.